The largest absolute Gasteiger partial charge is 0.481 e. The van der Waals surface area contributed by atoms with Crippen molar-refractivity contribution in [1.82, 2.24) is 9.78 Å². The van der Waals surface area contributed by atoms with Gasteiger partial charge in [0.2, 0.25) is 0 Å². The number of amides is 1. The molecule has 36 heavy (non-hydrogen) atoms. The van der Waals surface area contributed by atoms with Crippen molar-refractivity contribution in [1.29, 1.82) is 0 Å². The summed E-state index contributed by atoms with van der Waals surface area (Å²) in [5.41, 5.74) is 2.95. The molecule has 2 fully saturated rings. The van der Waals surface area contributed by atoms with E-state index in [0.717, 1.165) is 55.7 Å². The summed E-state index contributed by atoms with van der Waals surface area (Å²) in [7, 11) is 0. The molecule has 2 aromatic carbocycles. The average molecular weight is 489 g/mol. The smallest absolute Gasteiger partial charge is 0.413 e. The van der Waals surface area contributed by atoms with Crippen molar-refractivity contribution in [2.45, 2.75) is 45.1 Å². The number of aliphatic carboxylic acids is 1. The van der Waals surface area contributed by atoms with Gasteiger partial charge in [-0.15, -0.1) is 0 Å². The minimum Gasteiger partial charge on any atom is -0.481 e. The molecule has 8 heteroatoms. The maximum atomic E-state index is 12.5. The highest BCUT2D eigenvalue weighted by Crippen LogP contribution is 2.57. The van der Waals surface area contributed by atoms with Crippen LogP contribution in [0.5, 0.6) is 0 Å². The van der Waals surface area contributed by atoms with E-state index in [2.05, 4.69) is 27.4 Å². The van der Waals surface area contributed by atoms with Gasteiger partial charge in [0, 0.05) is 24.8 Å². The fourth-order valence-corrected chi connectivity index (χ4v) is 5.44. The van der Waals surface area contributed by atoms with E-state index < -0.39 is 12.1 Å². The molecule has 2 heterocycles. The fourth-order valence-electron chi connectivity index (χ4n) is 5.44. The number of nitrogens with zero attached hydrogens (tertiary/aromatic N) is 3. The Labute approximate surface area is 210 Å². The Morgan fingerprint density at radius 2 is 1.72 bits per heavy atom. The van der Waals surface area contributed by atoms with E-state index in [0.29, 0.717) is 18.2 Å². The number of ether oxygens (including phenoxy) is 1. The summed E-state index contributed by atoms with van der Waals surface area (Å²) in [5.74, 6) is 0.366. The van der Waals surface area contributed by atoms with Crippen molar-refractivity contribution in [3.05, 3.63) is 72.4 Å². The van der Waals surface area contributed by atoms with Gasteiger partial charge in [0.25, 0.3) is 0 Å². The first-order valence-electron chi connectivity index (χ1n) is 12.6. The van der Waals surface area contributed by atoms with Crippen molar-refractivity contribution in [3.8, 4) is 5.69 Å². The van der Waals surface area contributed by atoms with Crippen LogP contribution in [0.4, 0.5) is 16.3 Å². The lowest BCUT2D eigenvalue weighted by molar-refractivity contribution is -0.139. The Morgan fingerprint density at radius 3 is 2.36 bits per heavy atom. The molecule has 3 aromatic rings. The van der Waals surface area contributed by atoms with Crippen molar-refractivity contribution in [2.75, 3.05) is 23.3 Å². The van der Waals surface area contributed by atoms with Crippen LogP contribution in [0.3, 0.4) is 0 Å². The number of nitrogens with one attached hydrogen (secondary N) is 1. The second-order valence-electron chi connectivity index (χ2n) is 9.92. The Bertz CT molecular complexity index is 1200. The molecule has 188 valence electrons. The van der Waals surface area contributed by atoms with Crippen LogP contribution >= 0.6 is 0 Å². The molecule has 1 aliphatic heterocycles. The minimum atomic E-state index is -0.669. The van der Waals surface area contributed by atoms with Gasteiger partial charge in [0.05, 0.1) is 18.3 Å². The number of carbonyl (C=O) groups excluding carboxylic acids is 1. The molecular weight excluding hydrogens is 456 g/mol. The molecule has 1 saturated heterocycles. The van der Waals surface area contributed by atoms with Crippen LogP contribution in [0.15, 0.2) is 66.9 Å². The van der Waals surface area contributed by atoms with Crippen LogP contribution in [0, 0.1) is 11.3 Å². The predicted octanol–water partition coefficient (Wildman–Crippen LogP) is 5.65. The summed E-state index contributed by atoms with van der Waals surface area (Å²) in [6, 6.07) is 19.5. The lowest BCUT2D eigenvalue weighted by Crippen LogP contribution is -2.37. The summed E-state index contributed by atoms with van der Waals surface area (Å²) in [4.78, 5) is 26.1. The van der Waals surface area contributed by atoms with Crippen LogP contribution < -0.4 is 10.2 Å². The molecule has 1 atom stereocenters. The molecular formula is C28H32N4O4. The van der Waals surface area contributed by atoms with Crippen LogP contribution in [-0.2, 0) is 9.53 Å². The van der Waals surface area contributed by atoms with Gasteiger partial charge in [0.15, 0.2) is 0 Å². The number of carboxylic acids is 1. The third-order valence-electron chi connectivity index (χ3n) is 7.64. The van der Waals surface area contributed by atoms with Gasteiger partial charge in [0.1, 0.15) is 11.9 Å². The van der Waals surface area contributed by atoms with E-state index >= 15 is 0 Å². The summed E-state index contributed by atoms with van der Waals surface area (Å²) in [6.07, 6.45) is 5.21. The third-order valence-corrected chi connectivity index (χ3v) is 7.64. The number of hydrogen-bond acceptors (Lipinski definition) is 5. The van der Waals surface area contributed by atoms with E-state index in [9.17, 15) is 14.7 Å². The Balaban J connectivity index is 1.18. The van der Waals surface area contributed by atoms with Crippen molar-refractivity contribution >= 4 is 23.6 Å². The van der Waals surface area contributed by atoms with Gasteiger partial charge >= 0.3 is 12.1 Å². The molecule has 0 bridgehead atoms. The average Bonchev–Trinajstić information content (AvgIpc) is 3.52. The topological polar surface area (TPSA) is 96.7 Å². The summed E-state index contributed by atoms with van der Waals surface area (Å²) in [6.45, 7) is 3.71. The number of carboxylic acid groups (broad SMARTS) is 1. The van der Waals surface area contributed by atoms with Crippen LogP contribution in [0.25, 0.3) is 5.69 Å². The lowest BCUT2D eigenvalue weighted by Gasteiger charge is -2.37. The first-order valence-corrected chi connectivity index (χ1v) is 12.6. The molecule has 0 spiro atoms. The zero-order chi connectivity index (χ0) is 25.1. The van der Waals surface area contributed by atoms with Gasteiger partial charge in [-0.25, -0.2) is 9.48 Å². The first kappa shape index (κ1) is 23.9. The quantitative estimate of drug-likeness (QED) is 0.425. The van der Waals surface area contributed by atoms with Crippen LogP contribution in [0.2, 0.25) is 0 Å². The SMILES string of the molecule is CC(OC(=O)Nc1ccnn1-c1ccc(N2CCC(C3(CC(=O)O)CC3)CC2)cc1)c1ccccc1. The van der Waals surface area contributed by atoms with Crippen molar-refractivity contribution in [3.63, 3.8) is 0 Å². The van der Waals surface area contributed by atoms with Gasteiger partial charge in [-0.3, -0.25) is 10.1 Å². The number of carbonyl (C=O) groups is 2. The Kier molecular flexibility index (Phi) is 6.67. The first-order chi connectivity index (χ1) is 17.4. The molecule has 1 aromatic heterocycles. The van der Waals surface area contributed by atoms with Gasteiger partial charge in [-0.05, 0) is 73.8 Å². The predicted molar refractivity (Wildman–Crippen MR) is 137 cm³/mol. The molecule has 8 nitrogen and oxygen atoms in total. The molecule has 1 saturated carbocycles. The van der Waals surface area contributed by atoms with Crippen LogP contribution in [0.1, 0.15) is 50.7 Å². The highest BCUT2D eigenvalue weighted by molar-refractivity contribution is 5.84. The molecule has 1 aliphatic carbocycles. The molecule has 2 aliphatic rings. The summed E-state index contributed by atoms with van der Waals surface area (Å²) < 4.78 is 7.20. The van der Waals surface area contributed by atoms with Gasteiger partial charge in [-0.2, -0.15) is 5.10 Å². The highest BCUT2D eigenvalue weighted by atomic mass is 16.6. The number of aromatic nitrogens is 2. The van der Waals surface area contributed by atoms with Crippen LogP contribution in [-0.4, -0.2) is 40.0 Å². The van der Waals surface area contributed by atoms with Gasteiger partial charge in [-0.1, -0.05) is 30.3 Å². The second kappa shape index (κ2) is 10.0. The van der Waals surface area contributed by atoms with E-state index in [4.69, 9.17) is 4.74 Å². The molecule has 5 rings (SSSR count). The Morgan fingerprint density at radius 1 is 1.06 bits per heavy atom. The molecule has 2 N–H and O–H groups in total. The van der Waals surface area contributed by atoms with E-state index in [-0.39, 0.29) is 11.5 Å². The highest BCUT2D eigenvalue weighted by Gasteiger charge is 2.50. The monoisotopic (exact) mass is 488 g/mol. The van der Waals surface area contributed by atoms with Crippen molar-refractivity contribution in [2.24, 2.45) is 11.3 Å². The van der Waals surface area contributed by atoms with Crippen molar-refractivity contribution < 1.29 is 19.4 Å². The zero-order valence-electron chi connectivity index (χ0n) is 20.5. The normalized spacial score (nSPS) is 17.9. The summed E-state index contributed by atoms with van der Waals surface area (Å²) in [5, 5.41) is 16.4. The number of piperidine rings is 1. The standard InChI is InChI=1S/C28H32N4O4/c1-20(21-5-3-2-4-6-21)36-27(35)30-25-11-16-29-32(25)24-9-7-23(8-10-24)31-17-12-22(13-18-31)28(14-15-28)19-26(33)34/h2-11,16,20,22H,12-15,17-19H2,1H3,(H,30,35)(H,33,34). The minimum absolute atomic E-state index is 0.0469. The van der Waals surface area contributed by atoms with E-state index in [1.807, 2.05) is 49.4 Å². The zero-order valence-corrected chi connectivity index (χ0v) is 20.5. The number of anilines is 2. The number of benzene rings is 2. The van der Waals surface area contributed by atoms with Gasteiger partial charge < -0.3 is 14.7 Å². The van der Waals surface area contributed by atoms with E-state index in [1.54, 1.807) is 16.9 Å². The summed E-state index contributed by atoms with van der Waals surface area (Å²) >= 11 is 0. The maximum absolute atomic E-state index is 12.5. The van der Waals surface area contributed by atoms with E-state index in [1.165, 1.54) is 0 Å². The lowest BCUT2D eigenvalue weighted by atomic mass is 9.79. The maximum Gasteiger partial charge on any atom is 0.413 e. The number of rotatable bonds is 8. The fraction of sp³-hybridized carbons (Fsp3) is 0.393. The molecule has 1 unspecified atom stereocenters. The number of hydrogen-bond donors (Lipinski definition) is 2. The molecule has 1 amide bonds. The third kappa shape index (κ3) is 5.22. The Hall–Kier alpha value is -3.81. The second-order valence-corrected chi connectivity index (χ2v) is 9.92. The molecule has 0 radical (unpaired) electrons.